The van der Waals surface area contributed by atoms with Gasteiger partial charge < -0.3 is 10.2 Å². The third kappa shape index (κ3) is 3.66. The molecule has 1 fully saturated rings. The topological polar surface area (TPSA) is 58.4 Å². The Kier molecular flexibility index (Phi) is 4.89. The van der Waals surface area contributed by atoms with Crippen LogP contribution in [0.2, 0.25) is 0 Å². The highest BCUT2D eigenvalue weighted by Gasteiger charge is 2.19. The summed E-state index contributed by atoms with van der Waals surface area (Å²) in [6, 6.07) is 3.78. The molecule has 0 bridgehead atoms. The number of nitro benzene ring substituents is 1. The van der Waals surface area contributed by atoms with Gasteiger partial charge in [0.15, 0.2) is 0 Å². The molecule has 2 rings (SSSR count). The summed E-state index contributed by atoms with van der Waals surface area (Å²) in [5, 5.41) is 14.1. The molecule has 20 heavy (non-hydrogen) atoms. The van der Waals surface area contributed by atoms with Crippen LogP contribution in [0, 0.1) is 21.8 Å². The molecule has 0 aromatic heterocycles. The highest BCUT2D eigenvalue weighted by atomic mass is 19.1. The number of halogens is 1. The van der Waals surface area contributed by atoms with Crippen molar-refractivity contribution in [1.29, 1.82) is 0 Å². The molecule has 0 unspecified atom stereocenters. The minimum Gasteiger partial charge on any atom is -0.371 e. The normalized spacial score (nSPS) is 16.1. The van der Waals surface area contributed by atoms with Crippen molar-refractivity contribution in [3.63, 3.8) is 0 Å². The number of nitrogens with zero attached hydrogens (tertiary/aromatic N) is 2. The lowest BCUT2D eigenvalue weighted by Crippen LogP contribution is -2.36. The molecule has 0 saturated carbocycles. The quantitative estimate of drug-likeness (QED) is 0.665. The zero-order chi connectivity index (χ0) is 14.5. The highest BCUT2D eigenvalue weighted by Crippen LogP contribution is 2.25. The van der Waals surface area contributed by atoms with Crippen molar-refractivity contribution in [3.05, 3.63) is 34.1 Å². The predicted molar refractivity (Wildman–Crippen MR) is 76.5 cm³/mol. The van der Waals surface area contributed by atoms with Gasteiger partial charge in [-0.1, -0.05) is 0 Å². The maximum Gasteiger partial charge on any atom is 0.274 e. The average molecular weight is 281 g/mol. The maximum absolute atomic E-state index is 13.5. The number of benzene rings is 1. The summed E-state index contributed by atoms with van der Waals surface area (Å²) in [4.78, 5) is 12.3. The van der Waals surface area contributed by atoms with Gasteiger partial charge in [0, 0.05) is 24.8 Å². The number of hydrogen-bond donors (Lipinski definition) is 1. The lowest BCUT2D eigenvalue weighted by Gasteiger charge is -2.30. The summed E-state index contributed by atoms with van der Waals surface area (Å²) >= 11 is 0. The van der Waals surface area contributed by atoms with Crippen molar-refractivity contribution in [2.24, 2.45) is 5.92 Å². The molecule has 1 saturated heterocycles. The van der Waals surface area contributed by atoms with Crippen LogP contribution in [0.5, 0.6) is 0 Å². The number of piperidine rings is 1. The summed E-state index contributed by atoms with van der Waals surface area (Å²) in [6.07, 6.45) is 2.18. The van der Waals surface area contributed by atoms with Crippen molar-refractivity contribution in [2.75, 3.05) is 31.1 Å². The minimum atomic E-state index is -0.557. The minimum absolute atomic E-state index is 0.191. The molecule has 0 spiro atoms. The van der Waals surface area contributed by atoms with Crippen molar-refractivity contribution >= 4 is 11.4 Å². The van der Waals surface area contributed by atoms with Gasteiger partial charge in [-0.15, -0.1) is 0 Å². The Morgan fingerprint density at radius 1 is 1.40 bits per heavy atom. The number of hydrogen-bond acceptors (Lipinski definition) is 4. The third-order valence-electron chi connectivity index (χ3n) is 3.76. The number of nitrogens with one attached hydrogen (secondary N) is 1. The van der Waals surface area contributed by atoms with E-state index >= 15 is 0 Å². The van der Waals surface area contributed by atoms with E-state index in [0.29, 0.717) is 18.2 Å². The van der Waals surface area contributed by atoms with Crippen molar-refractivity contribution in [2.45, 2.75) is 19.8 Å². The molecule has 1 aromatic carbocycles. The molecule has 0 amide bonds. The summed E-state index contributed by atoms with van der Waals surface area (Å²) in [7, 11) is 0. The second kappa shape index (κ2) is 6.65. The van der Waals surface area contributed by atoms with E-state index in [0.717, 1.165) is 38.5 Å². The molecule has 110 valence electrons. The fourth-order valence-electron chi connectivity index (χ4n) is 2.64. The van der Waals surface area contributed by atoms with E-state index in [9.17, 15) is 14.5 Å². The van der Waals surface area contributed by atoms with Gasteiger partial charge in [0.25, 0.3) is 5.69 Å². The number of anilines is 1. The molecule has 1 heterocycles. The first-order valence-corrected chi connectivity index (χ1v) is 7.00. The van der Waals surface area contributed by atoms with Crippen molar-refractivity contribution in [1.82, 2.24) is 5.32 Å². The summed E-state index contributed by atoms with van der Waals surface area (Å²) in [5.74, 6) is -0.00326. The lowest BCUT2D eigenvalue weighted by atomic mass is 9.97. The molecule has 1 aliphatic rings. The third-order valence-corrected chi connectivity index (χ3v) is 3.76. The van der Waals surface area contributed by atoms with Crippen LogP contribution in [0.25, 0.3) is 0 Å². The second-order valence-corrected chi connectivity index (χ2v) is 5.16. The van der Waals surface area contributed by atoms with Gasteiger partial charge in [0.1, 0.15) is 5.82 Å². The van der Waals surface area contributed by atoms with Crippen molar-refractivity contribution < 1.29 is 9.31 Å². The summed E-state index contributed by atoms with van der Waals surface area (Å²) in [5.41, 5.74) is 0.404. The van der Waals surface area contributed by atoms with E-state index in [-0.39, 0.29) is 5.69 Å². The standard InChI is InChI=1S/C14H20FN3O2/c1-2-17(10-11-3-5-16-6-4-11)13-7-12(15)8-14(9-13)18(19)20/h7-9,11,16H,2-6,10H2,1H3. The van der Waals surface area contributed by atoms with Crippen LogP contribution in [0.1, 0.15) is 19.8 Å². The molecule has 1 N–H and O–H groups in total. The van der Waals surface area contributed by atoms with Gasteiger partial charge in [0.05, 0.1) is 11.0 Å². The average Bonchev–Trinajstić information content (AvgIpc) is 2.45. The van der Waals surface area contributed by atoms with E-state index in [1.165, 1.54) is 12.1 Å². The summed E-state index contributed by atoms with van der Waals surface area (Å²) < 4.78 is 13.5. The van der Waals surface area contributed by atoms with E-state index in [2.05, 4.69) is 5.32 Å². The molecular formula is C14H20FN3O2. The van der Waals surface area contributed by atoms with Crippen LogP contribution in [0.3, 0.4) is 0 Å². The molecule has 1 aromatic rings. The molecular weight excluding hydrogens is 261 g/mol. The van der Waals surface area contributed by atoms with Gasteiger partial charge >= 0.3 is 0 Å². The smallest absolute Gasteiger partial charge is 0.274 e. The Hall–Kier alpha value is -1.69. The second-order valence-electron chi connectivity index (χ2n) is 5.16. The molecule has 5 nitrogen and oxygen atoms in total. The molecule has 0 atom stereocenters. The Bertz CT molecular complexity index is 475. The van der Waals surface area contributed by atoms with Gasteiger partial charge in [-0.2, -0.15) is 0 Å². The van der Waals surface area contributed by atoms with E-state index in [1.807, 2.05) is 11.8 Å². The lowest BCUT2D eigenvalue weighted by molar-refractivity contribution is -0.385. The zero-order valence-corrected chi connectivity index (χ0v) is 11.6. The zero-order valence-electron chi connectivity index (χ0n) is 11.6. The molecule has 6 heteroatoms. The van der Waals surface area contributed by atoms with E-state index < -0.39 is 10.7 Å². The summed E-state index contributed by atoms with van der Waals surface area (Å²) in [6.45, 7) is 5.53. The maximum atomic E-state index is 13.5. The largest absolute Gasteiger partial charge is 0.371 e. The molecule has 0 aliphatic carbocycles. The van der Waals surface area contributed by atoms with Gasteiger partial charge in [-0.05, 0) is 44.8 Å². The molecule has 0 radical (unpaired) electrons. The van der Waals surface area contributed by atoms with E-state index in [1.54, 1.807) is 0 Å². The Balaban J connectivity index is 2.15. The Morgan fingerprint density at radius 2 is 2.10 bits per heavy atom. The van der Waals surface area contributed by atoms with Gasteiger partial charge in [0.2, 0.25) is 0 Å². The van der Waals surface area contributed by atoms with Gasteiger partial charge in [-0.25, -0.2) is 4.39 Å². The number of nitro groups is 1. The first-order chi connectivity index (χ1) is 9.60. The Morgan fingerprint density at radius 3 is 2.70 bits per heavy atom. The van der Waals surface area contributed by atoms with E-state index in [4.69, 9.17) is 0 Å². The number of non-ortho nitro benzene ring substituents is 1. The number of rotatable bonds is 5. The SMILES string of the molecule is CCN(CC1CCNCC1)c1cc(F)cc([N+](=O)[O-])c1. The van der Waals surface area contributed by atoms with Crippen LogP contribution < -0.4 is 10.2 Å². The molecule has 1 aliphatic heterocycles. The monoisotopic (exact) mass is 281 g/mol. The van der Waals surface area contributed by atoms with Crippen LogP contribution in [-0.4, -0.2) is 31.1 Å². The van der Waals surface area contributed by atoms with Crippen LogP contribution in [-0.2, 0) is 0 Å². The fourth-order valence-corrected chi connectivity index (χ4v) is 2.64. The Labute approximate surface area is 117 Å². The van der Waals surface area contributed by atoms with Crippen LogP contribution >= 0.6 is 0 Å². The first-order valence-electron chi connectivity index (χ1n) is 7.00. The van der Waals surface area contributed by atoms with Crippen LogP contribution in [0.4, 0.5) is 15.8 Å². The first kappa shape index (κ1) is 14.7. The highest BCUT2D eigenvalue weighted by molar-refractivity contribution is 5.53. The van der Waals surface area contributed by atoms with Crippen LogP contribution in [0.15, 0.2) is 18.2 Å². The fraction of sp³-hybridized carbons (Fsp3) is 0.571. The predicted octanol–water partition coefficient (Wildman–Crippen LogP) is 2.56. The van der Waals surface area contributed by atoms with Gasteiger partial charge in [-0.3, -0.25) is 10.1 Å². The van der Waals surface area contributed by atoms with Crippen molar-refractivity contribution in [3.8, 4) is 0 Å².